The highest BCUT2D eigenvalue weighted by atomic mass is 16.6. The molecule has 0 radical (unpaired) electrons. The fourth-order valence-corrected chi connectivity index (χ4v) is 2.84. The van der Waals surface area contributed by atoms with Gasteiger partial charge in [0.1, 0.15) is 11.9 Å². The second kappa shape index (κ2) is 5.08. The van der Waals surface area contributed by atoms with Gasteiger partial charge in [-0.05, 0) is 19.4 Å². The molecular weight excluding hydrogens is 292 g/mol. The number of nitrogens with zero attached hydrogens (tertiary/aromatic N) is 4. The van der Waals surface area contributed by atoms with Crippen molar-refractivity contribution >= 4 is 17.6 Å². The van der Waals surface area contributed by atoms with Crippen LogP contribution in [0.3, 0.4) is 0 Å². The molecule has 1 aliphatic rings. The van der Waals surface area contributed by atoms with E-state index in [0.29, 0.717) is 12.4 Å². The molecule has 1 aliphatic heterocycles. The van der Waals surface area contributed by atoms with Gasteiger partial charge in [-0.1, -0.05) is 30.3 Å². The zero-order chi connectivity index (χ0) is 16.0. The van der Waals surface area contributed by atoms with Crippen molar-refractivity contribution in [2.45, 2.75) is 20.0 Å². The molecule has 1 aromatic carbocycles. The van der Waals surface area contributed by atoms with Crippen LogP contribution >= 0.6 is 0 Å². The molecule has 2 aromatic heterocycles. The summed E-state index contributed by atoms with van der Waals surface area (Å²) in [5, 5.41) is 4.29. The number of carbonyl (C=O) groups is 1. The Morgan fingerprint density at radius 3 is 2.78 bits per heavy atom. The van der Waals surface area contributed by atoms with E-state index in [2.05, 4.69) is 10.1 Å². The molecule has 0 saturated carbocycles. The van der Waals surface area contributed by atoms with Crippen LogP contribution < -0.4 is 4.90 Å². The largest absolute Gasteiger partial charge is 0.439 e. The van der Waals surface area contributed by atoms with Crippen LogP contribution in [0.2, 0.25) is 0 Å². The summed E-state index contributed by atoms with van der Waals surface area (Å²) < 4.78 is 7.28. The molecule has 1 saturated heterocycles. The molecule has 0 aliphatic carbocycles. The van der Waals surface area contributed by atoms with Crippen LogP contribution in [0.1, 0.15) is 22.9 Å². The molecule has 3 aromatic rings. The van der Waals surface area contributed by atoms with Gasteiger partial charge in [-0.25, -0.2) is 14.3 Å². The van der Waals surface area contributed by atoms with Crippen molar-refractivity contribution in [1.82, 2.24) is 14.6 Å². The number of aryl methyl sites for hydroxylation is 2. The maximum Gasteiger partial charge on any atom is 0.416 e. The van der Waals surface area contributed by atoms with Crippen LogP contribution in [0.5, 0.6) is 0 Å². The Labute approximate surface area is 133 Å². The van der Waals surface area contributed by atoms with E-state index in [4.69, 9.17) is 4.74 Å². The first kappa shape index (κ1) is 13.8. The number of carbonyl (C=O) groups excluding carboxylic acids is 1. The van der Waals surface area contributed by atoms with E-state index in [1.54, 1.807) is 15.6 Å². The molecule has 0 bridgehead atoms. The maximum absolute atomic E-state index is 12.3. The number of fused-ring (bicyclic) bond motifs is 1. The molecule has 23 heavy (non-hydrogen) atoms. The van der Waals surface area contributed by atoms with Gasteiger partial charge in [0.05, 0.1) is 12.7 Å². The van der Waals surface area contributed by atoms with E-state index in [1.807, 2.05) is 50.2 Å². The topological polar surface area (TPSA) is 59.7 Å². The number of amides is 1. The minimum Gasteiger partial charge on any atom is -0.439 e. The molecule has 116 valence electrons. The Morgan fingerprint density at radius 1 is 1.22 bits per heavy atom. The summed E-state index contributed by atoms with van der Waals surface area (Å²) in [4.78, 5) is 18.4. The summed E-state index contributed by atoms with van der Waals surface area (Å²) in [6.45, 7) is 4.35. The monoisotopic (exact) mass is 308 g/mol. The highest BCUT2D eigenvalue weighted by molar-refractivity contribution is 5.89. The van der Waals surface area contributed by atoms with Gasteiger partial charge in [0.25, 0.3) is 0 Å². The highest BCUT2D eigenvalue weighted by Crippen LogP contribution is 2.30. The van der Waals surface area contributed by atoms with E-state index in [9.17, 15) is 4.79 Å². The summed E-state index contributed by atoms with van der Waals surface area (Å²) >= 11 is 0. The maximum atomic E-state index is 12.3. The summed E-state index contributed by atoms with van der Waals surface area (Å²) in [5.74, 6) is 0.599. The Balaban J connectivity index is 1.71. The SMILES string of the molecule is Cc1cnn2c(C)cc(N3CC(c4ccccc4)OC3=O)nc12. The molecule has 3 heterocycles. The van der Waals surface area contributed by atoms with E-state index in [-0.39, 0.29) is 12.2 Å². The van der Waals surface area contributed by atoms with E-state index in [0.717, 1.165) is 22.5 Å². The second-order valence-corrected chi connectivity index (χ2v) is 5.71. The smallest absolute Gasteiger partial charge is 0.416 e. The summed E-state index contributed by atoms with van der Waals surface area (Å²) in [6.07, 6.45) is 1.13. The summed E-state index contributed by atoms with van der Waals surface area (Å²) in [6, 6.07) is 11.6. The third-order valence-corrected chi connectivity index (χ3v) is 4.07. The normalized spacial score (nSPS) is 17.7. The Morgan fingerprint density at radius 2 is 2.00 bits per heavy atom. The second-order valence-electron chi connectivity index (χ2n) is 5.71. The third-order valence-electron chi connectivity index (χ3n) is 4.07. The number of rotatable bonds is 2. The van der Waals surface area contributed by atoms with Crippen molar-refractivity contribution in [1.29, 1.82) is 0 Å². The van der Waals surface area contributed by atoms with Crippen LogP contribution in [-0.4, -0.2) is 27.2 Å². The van der Waals surface area contributed by atoms with E-state index < -0.39 is 0 Å². The molecule has 1 fully saturated rings. The Kier molecular flexibility index (Phi) is 3.04. The summed E-state index contributed by atoms with van der Waals surface area (Å²) in [7, 11) is 0. The number of ether oxygens (including phenoxy) is 1. The first-order chi connectivity index (χ1) is 11.1. The zero-order valence-corrected chi connectivity index (χ0v) is 12.9. The van der Waals surface area contributed by atoms with Gasteiger partial charge in [0, 0.05) is 17.3 Å². The lowest BCUT2D eigenvalue weighted by Gasteiger charge is -2.13. The van der Waals surface area contributed by atoms with Crippen molar-refractivity contribution < 1.29 is 9.53 Å². The first-order valence-corrected chi connectivity index (χ1v) is 7.48. The average Bonchev–Trinajstić information content (AvgIpc) is 3.12. The fraction of sp³-hybridized carbons (Fsp3) is 0.235. The number of cyclic esters (lactones) is 1. The van der Waals surface area contributed by atoms with Crippen LogP contribution in [0.25, 0.3) is 5.65 Å². The van der Waals surface area contributed by atoms with E-state index in [1.165, 1.54) is 0 Å². The van der Waals surface area contributed by atoms with Crippen LogP contribution in [0.4, 0.5) is 10.6 Å². The molecule has 4 rings (SSSR count). The van der Waals surface area contributed by atoms with Crippen LogP contribution in [-0.2, 0) is 4.74 Å². The molecule has 1 amide bonds. The minimum absolute atomic E-state index is 0.270. The fourth-order valence-electron chi connectivity index (χ4n) is 2.84. The van der Waals surface area contributed by atoms with Crippen molar-refractivity contribution in [2.75, 3.05) is 11.4 Å². The number of hydrogen-bond acceptors (Lipinski definition) is 4. The Hall–Kier alpha value is -2.89. The molecular formula is C17H16N4O2. The minimum atomic E-state index is -0.368. The predicted molar refractivity (Wildman–Crippen MR) is 85.5 cm³/mol. The summed E-state index contributed by atoms with van der Waals surface area (Å²) in [5.41, 5.74) is 3.65. The van der Waals surface area contributed by atoms with Gasteiger partial charge in [-0.15, -0.1) is 0 Å². The number of hydrogen-bond donors (Lipinski definition) is 0. The number of benzene rings is 1. The lowest BCUT2D eigenvalue weighted by Crippen LogP contribution is -2.25. The predicted octanol–water partition coefficient (Wildman–Crippen LogP) is 3.04. The first-order valence-electron chi connectivity index (χ1n) is 7.48. The molecule has 1 unspecified atom stereocenters. The zero-order valence-electron chi connectivity index (χ0n) is 12.9. The van der Waals surface area contributed by atoms with Crippen LogP contribution in [0, 0.1) is 13.8 Å². The lowest BCUT2D eigenvalue weighted by atomic mass is 10.1. The number of anilines is 1. The van der Waals surface area contributed by atoms with Crippen molar-refractivity contribution in [2.24, 2.45) is 0 Å². The quantitative estimate of drug-likeness (QED) is 0.730. The van der Waals surface area contributed by atoms with Gasteiger partial charge in [0.15, 0.2) is 5.65 Å². The molecule has 0 spiro atoms. The number of aromatic nitrogens is 3. The lowest BCUT2D eigenvalue weighted by molar-refractivity contribution is 0.142. The molecule has 1 atom stereocenters. The van der Waals surface area contributed by atoms with Gasteiger partial charge in [-0.3, -0.25) is 4.90 Å². The van der Waals surface area contributed by atoms with E-state index >= 15 is 0 Å². The molecule has 6 heteroatoms. The van der Waals surface area contributed by atoms with Gasteiger partial charge >= 0.3 is 6.09 Å². The molecule has 6 nitrogen and oxygen atoms in total. The highest BCUT2D eigenvalue weighted by Gasteiger charge is 2.34. The van der Waals surface area contributed by atoms with Crippen molar-refractivity contribution in [3.8, 4) is 0 Å². The third kappa shape index (κ3) is 2.23. The van der Waals surface area contributed by atoms with Crippen molar-refractivity contribution in [3.63, 3.8) is 0 Å². The van der Waals surface area contributed by atoms with Gasteiger partial charge in [0.2, 0.25) is 0 Å². The average molecular weight is 308 g/mol. The van der Waals surface area contributed by atoms with Crippen molar-refractivity contribution in [3.05, 3.63) is 59.4 Å². The molecule has 0 N–H and O–H groups in total. The van der Waals surface area contributed by atoms with Gasteiger partial charge < -0.3 is 4.74 Å². The Bertz CT molecular complexity index is 888. The standard InChI is InChI=1S/C17H16N4O2/c1-11-9-18-21-12(2)8-15(19-16(11)21)20-10-14(23-17(20)22)13-6-4-3-5-7-13/h3-9,14H,10H2,1-2H3. The van der Waals surface area contributed by atoms with Crippen LogP contribution in [0.15, 0.2) is 42.6 Å². The van der Waals surface area contributed by atoms with Gasteiger partial charge in [-0.2, -0.15) is 5.10 Å².